The van der Waals surface area contributed by atoms with Crippen LogP contribution in [-0.4, -0.2) is 4.98 Å². The average Bonchev–Trinajstić information content (AvgIpc) is 2.60. The van der Waals surface area contributed by atoms with Crippen molar-refractivity contribution in [3.05, 3.63) is 45.6 Å². The van der Waals surface area contributed by atoms with Crippen molar-refractivity contribution >= 4 is 28.9 Å². The Morgan fingerprint density at radius 1 is 1.24 bits per heavy atom. The van der Waals surface area contributed by atoms with E-state index in [1.54, 1.807) is 12.1 Å². The fraction of sp³-hybridized carbons (Fsp3) is 0.250. The van der Waals surface area contributed by atoms with Crippen molar-refractivity contribution in [2.45, 2.75) is 20.4 Å². The van der Waals surface area contributed by atoms with Gasteiger partial charge in [-0.05, 0) is 32.0 Å². The van der Waals surface area contributed by atoms with E-state index in [0.29, 0.717) is 22.5 Å². The largest absolute Gasteiger partial charge is 0.444 e. The second-order valence-corrected chi connectivity index (χ2v) is 4.55. The van der Waals surface area contributed by atoms with Crippen LogP contribution in [0.4, 0.5) is 5.69 Å². The summed E-state index contributed by atoms with van der Waals surface area (Å²) in [7, 11) is 0. The molecule has 0 unspecified atom stereocenters. The molecule has 1 heterocycles. The molecule has 2 aromatic rings. The lowest BCUT2D eigenvalue weighted by atomic mass is 10.3. The minimum atomic E-state index is 0.520. The molecule has 1 aromatic carbocycles. The summed E-state index contributed by atoms with van der Waals surface area (Å²) in [5, 5.41) is 4.24. The van der Waals surface area contributed by atoms with Gasteiger partial charge in [-0.25, -0.2) is 4.98 Å². The van der Waals surface area contributed by atoms with Crippen LogP contribution >= 0.6 is 23.2 Å². The van der Waals surface area contributed by atoms with Crippen LogP contribution in [0, 0.1) is 13.8 Å². The Balaban J connectivity index is 2.04. The van der Waals surface area contributed by atoms with Crippen molar-refractivity contribution in [2.75, 3.05) is 5.32 Å². The SMILES string of the molecule is Cc1nc(CNc2ccc(Cl)c(Cl)c2)oc1C. The topological polar surface area (TPSA) is 38.1 Å². The van der Waals surface area contributed by atoms with Gasteiger partial charge in [0.05, 0.1) is 22.3 Å². The van der Waals surface area contributed by atoms with Crippen LogP contribution < -0.4 is 5.32 Å². The molecule has 0 atom stereocenters. The molecular weight excluding hydrogens is 259 g/mol. The van der Waals surface area contributed by atoms with Crippen LogP contribution in [0.3, 0.4) is 0 Å². The van der Waals surface area contributed by atoms with E-state index < -0.39 is 0 Å². The second kappa shape index (κ2) is 4.98. The lowest BCUT2D eigenvalue weighted by Crippen LogP contribution is -1.99. The third kappa shape index (κ3) is 2.93. The summed E-state index contributed by atoms with van der Waals surface area (Å²) in [5.74, 6) is 1.50. The highest BCUT2D eigenvalue weighted by molar-refractivity contribution is 6.42. The molecular formula is C12H12Cl2N2O. The quantitative estimate of drug-likeness (QED) is 0.908. The Labute approximate surface area is 110 Å². The molecule has 0 saturated carbocycles. The normalized spacial score (nSPS) is 10.6. The first-order valence-corrected chi connectivity index (χ1v) is 5.93. The van der Waals surface area contributed by atoms with E-state index in [4.69, 9.17) is 27.6 Å². The molecule has 1 N–H and O–H groups in total. The van der Waals surface area contributed by atoms with Crippen molar-refractivity contribution in [2.24, 2.45) is 0 Å². The zero-order valence-electron chi connectivity index (χ0n) is 9.55. The lowest BCUT2D eigenvalue weighted by molar-refractivity contribution is 0.478. The molecule has 0 bridgehead atoms. The monoisotopic (exact) mass is 270 g/mol. The van der Waals surface area contributed by atoms with Crippen molar-refractivity contribution < 1.29 is 4.42 Å². The summed E-state index contributed by atoms with van der Waals surface area (Å²) < 4.78 is 5.46. The molecule has 1 aromatic heterocycles. The van der Waals surface area contributed by atoms with Crippen molar-refractivity contribution in [3.63, 3.8) is 0 Å². The highest BCUT2D eigenvalue weighted by Gasteiger charge is 2.05. The van der Waals surface area contributed by atoms with E-state index in [0.717, 1.165) is 17.1 Å². The van der Waals surface area contributed by atoms with Crippen molar-refractivity contribution in [3.8, 4) is 0 Å². The predicted molar refractivity (Wildman–Crippen MR) is 69.8 cm³/mol. The molecule has 0 saturated heterocycles. The van der Waals surface area contributed by atoms with Crippen LogP contribution in [0.1, 0.15) is 17.3 Å². The molecule has 3 nitrogen and oxygen atoms in total. The molecule has 0 radical (unpaired) electrons. The third-order valence-corrected chi connectivity index (χ3v) is 3.18. The first-order valence-electron chi connectivity index (χ1n) is 5.18. The zero-order valence-corrected chi connectivity index (χ0v) is 11.1. The fourth-order valence-electron chi connectivity index (χ4n) is 1.40. The molecule has 2 rings (SSSR count). The number of benzene rings is 1. The van der Waals surface area contributed by atoms with E-state index in [-0.39, 0.29) is 0 Å². The summed E-state index contributed by atoms with van der Waals surface area (Å²) in [4.78, 5) is 4.28. The van der Waals surface area contributed by atoms with Gasteiger partial charge in [-0.1, -0.05) is 23.2 Å². The van der Waals surface area contributed by atoms with Gasteiger partial charge >= 0.3 is 0 Å². The molecule has 0 aliphatic carbocycles. The number of nitrogens with zero attached hydrogens (tertiary/aromatic N) is 1. The number of halogens is 2. The van der Waals surface area contributed by atoms with E-state index in [1.165, 1.54) is 0 Å². The Kier molecular flexibility index (Phi) is 3.60. The van der Waals surface area contributed by atoms with Crippen LogP contribution in [0.5, 0.6) is 0 Å². The van der Waals surface area contributed by atoms with Gasteiger partial charge in [0.15, 0.2) is 0 Å². The Bertz CT molecular complexity index is 518. The maximum atomic E-state index is 5.91. The molecule has 0 aliphatic rings. The van der Waals surface area contributed by atoms with Crippen LogP contribution in [0.15, 0.2) is 22.6 Å². The third-order valence-electron chi connectivity index (χ3n) is 2.44. The first kappa shape index (κ1) is 12.3. The maximum Gasteiger partial charge on any atom is 0.213 e. The minimum Gasteiger partial charge on any atom is -0.444 e. The standard InChI is InChI=1S/C12H12Cl2N2O/c1-7-8(2)17-12(16-7)6-15-9-3-4-10(13)11(14)5-9/h3-5,15H,6H2,1-2H3. The van der Waals surface area contributed by atoms with Gasteiger partial charge in [0.25, 0.3) is 0 Å². The number of anilines is 1. The van der Waals surface area contributed by atoms with E-state index in [9.17, 15) is 0 Å². The van der Waals surface area contributed by atoms with E-state index >= 15 is 0 Å². The summed E-state index contributed by atoms with van der Waals surface area (Å²) in [5.41, 5.74) is 1.80. The smallest absolute Gasteiger partial charge is 0.213 e. The number of rotatable bonds is 3. The number of nitrogens with one attached hydrogen (secondary N) is 1. The highest BCUT2D eigenvalue weighted by Crippen LogP contribution is 2.25. The van der Waals surface area contributed by atoms with Crippen molar-refractivity contribution in [1.82, 2.24) is 4.98 Å². The fourth-order valence-corrected chi connectivity index (χ4v) is 1.70. The van der Waals surface area contributed by atoms with Crippen molar-refractivity contribution in [1.29, 1.82) is 0 Å². The predicted octanol–water partition coefficient (Wildman–Crippen LogP) is 4.21. The Morgan fingerprint density at radius 2 is 2.00 bits per heavy atom. The van der Waals surface area contributed by atoms with Gasteiger partial charge in [-0.3, -0.25) is 0 Å². The van der Waals surface area contributed by atoms with Gasteiger partial charge in [-0.15, -0.1) is 0 Å². The van der Waals surface area contributed by atoms with Gasteiger partial charge in [0, 0.05) is 5.69 Å². The number of oxazole rings is 1. The second-order valence-electron chi connectivity index (χ2n) is 3.73. The van der Waals surface area contributed by atoms with Crippen LogP contribution in [-0.2, 0) is 6.54 Å². The van der Waals surface area contributed by atoms with Gasteiger partial charge in [-0.2, -0.15) is 0 Å². The number of hydrogen-bond acceptors (Lipinski definition) is 3. The number of aryl methyl sites for hydroxylation is 2. The van der Waals surface area contributed by atoms with Crippen LogP contribution in [0.2, 0.25) is 10.0 Å². The van der Waals surface area contributed by atoms with Gasteiger partial charge in [0.2, 0.25) is 5.89 Å². The molecule has 17 heavy (non-hydrogen) atoms. The summed E-state index contributed by atoms with van der Waals surface area (Å²) in [6, 6.07) is 5.38. The summed E-state index contributed by atoms with van der Waals surface area (Å²) in [6.45, 7) is 4.33. The zero-order chi connectivity index (χ0) is 12.4. The first-order chi connectivity index (χ1) is 8.06. The number of aromatic nitrogens is 1. The Hall–Kier alpha value is -1.19. The van der Waals surface area contributed by atoms with E-state index in [2.05, 4.69) is 10.3 Å². The lowest BCUT2D eigenvalue weighted by Gasteiger charge is -2.04. The average molecular weight is 271 g/mol. The number of hydrogen-bond donors (Lipinski definition) is 1. The molecule has 90 valence electrons. The van der Waals surface area contributed by atoms with Gasteiger partial charge < -0.3 is 9.73 Å². The Morgan fingerprint density at radius 3 is 2.59 bits per heavy atom. The summed E-state index contributed by atoms with van der Waals surface area (Å²) in [6.07, 6.45) is 0. The maximum absolute atomic E-state index is 5.91. The van der Waals surface area contributed by atoms with Gasteiger partial charge in [0.1, 0.15) is 5.76 Å². The molecule has 0 aliphatic heterocycles. The molecule has 0 fully saturated rings. The van der Waals surface area contributed by atoms with Crippen LogP contribution in [0.25, 0.3) is 0 Å². The summed E-state index contributed by atoms with van der Waals surface area (Å²) >= 11 is 11.7. The minimum absolute atomic E-state index is 0.520. The molecule has 0 spiro atoms. The molecule has 5 heteroatoms. The van der Waals surface area contributed by atoms with E-state index in [1.807, 2.05) is 19.9 Å². The highest BCUT2D eigenvalue weighted by atomic mass is 35.5. The molecule has 0 amide bonds.